The maximum absolute atomic E-state index is 13.7. The summed E-state index contributed by atoms with van der Waals surface area (Å²) in [6, 6.07) is 4.76. The summed E-state index contributed by atoms with van der Waals surface area (Å²) in [6.45, 7) is 8.63. The normalized spacial score (nSPS) is 15.3. The molecular weight excluding hydrogens is 309 g/mol. The Balaban J connectivity index is 2.56. The first-order valence-corrected chi connectivity index (χ1v) is 7.35. The number of hydrogen-bond acceptors (Lipinski definition) is 2. The fraction of sp³-hybridized carbons (Fsp3) is 0.600. The Hall–Kier alpha value is -0.450. The molecule has 108 valence electrons. The van der Waals surface area contributed by atoms with Crippen molar-refractivity contribution in [3.05, 3.63) is 34.1 Å². The number of halogens is 2. The topological polar surface area (TPSA) is 32.3 Å². The zero-order valence-corrected chi connectivity index (χ0v) is 13.6. The van der Waals surface area contributed by atoms with Crippen molar-refractivity contribution in [3.63, 3.8) is 0 Å². The van der Waals surface area contributed by atoms with Crippen LogP contribution in [0, 0.1) is 11.2 Å². The van der Waals surface area contributed by atoms with Crippen molar-refractivity contribution in [3.8, 4) is 0 Å². The molecule has 0 spiro atoms. The maximum Gasteiger partial charge on any atom is 0.128 e. The molecular formula is C15H23BrFNO. The van der Waals surface area contributed by atoms with E-state index in [1.807, 2.05) is 6.92 Å². The van der Waals surface area contributed by atoms with E-state index in [1.165, 1.54) is 6.07 Å². The quantitative estimate of drug-likeness (QED) is 0.853. The van der Waals surface area contributed by atoms with Gasteiger partial charge in [-0.05, 0) is 37.0 Å². The number of benzene rings is 1. The van der Waals surface area contributed by atoms with E-state index >= 15 is 0 Å². The summed E-state index contributed by atoms with van der Waals surface area (Å²) in [5.41, 5.74) is 0.697. The second kappa shape index (κ2) is 6.82. The van der Waals surface area contributed by atoms with Gasteiger partial charge in [0.05, 0.1) is 6.10 Å². The molecule has 1 rings (SSSR count). The predicted molar refractivity (Wildman–Crippen MR) is 80.6 cm³/mol. The molecule has 4 heteroatoms. The van der Waals surface area contributed by atoms with Crippen LogP contribution in [0.5, 0.6) is 0 Å². The molecule has 2 unspecified atom stereocenters. The molecule has 0 aliphatic heterocycles. The molecule has 0 saturated heterocycles. The van der Waals surface area contributed by atoms with Crippen LogP contribution in [0.15, 0.2) is 22.7 Å². The van der Waals surface area contributed by atoms with Gasteiger partial charge in [-0.1, -0.05) is 36.7 Å². The smallest absolute Gasteiger partial charge is 0.128 e. The highest BCUT2D eigenvalue weighted by Crippen LogP contribution is 2.23. The van der Waals surface area contributed by atoms with Crippen LogP contribution < -0.4 is 5.32 Å². The molecule has 0 radical (unpaired) electrons. The molecule has 1 aromatic rings. The number of hydrogen-bond donors (Lipinski definition) is 2. The fourth-order valence-electron chi connectivity index (χ4n) is 2.05. The average Bonchev–Trinajstić information content (AvgIpc) is 2.27. The highest BCUT2D eigenvalue weighted by Gasteiger charge is 2.18. The van der Waals surface area contributed by atoms with Gasteiger partial charge in [0.1, 0.15) is 5.82 Å². The first-order chi connectivity index (χ1) is 8.69. The lowest BCUT2D eigenvalue weighted by Crippen LogP contribution is -2.32. The van der Waals surface area contributed by atoms with Gasteiger partial charge in [0.2, 0.25) is 0 Å². The summed E-state index contributed by atoms with van der Waals surface area (Å²) < 4.78 is 14.5. The van der Waals surface area contributed by atoms with E-state index in [0.717, 1.165) is 4.47 Å². The van der Waals surface area contributed by atoms with E-state index < -0.39 is 6.10 Å². The molecule has 0 aromatic heterocycles. The highest BCUT2D eigenvalue weighted by molar-refractivity contribution is 9.10. The predicted octanol–water partition coefficient (Wildman–Crippen LogP) is 4.04. The van der Waals surface area contributed by atoms with E-state index in [1.54, 1.807) is 12.1 Å². The SMILES string of the molecule is CC(NCC(O)CC(C)(C)C)c1cc(Br)ccc1F. The van der Waals surface area contributed by atoms with Gasteiger partial charge < -0.3 is 10.4 Å². The van der Waals surface area contributed by atoms with Gasteiger partial charge in [-0.15, -0.1) is 0 Å². The van der Waals surface area contributed by atoms with Crippen LogP contribution in [0.25, 0.3) is 0 Å². The third-order valence-electron chi connectivity index (χ3n) is 2.93. The van der Waals surface area contributed by atoms with Gasteiger partial charge in [0.25, 0.3) is 0 Å². The van der Waals surface area contributed by atoms with Gasteiger partial charge in [0, 0.05) is 22.6 Å². The van der Waals surface area contributed by atoms with Crippen LogP contribution in [0.4, 0.5) is 4.39 Å². The highest BCUT2D eigenvalue weighted by atomic mass is 79.9. The molecule has 19 heavy (non-hydrogen) atoms. The monoisotopic (exact) mass is 331 g/mol. The van der Waals surface area contributed by atoms with E-state index in [0.29, 0.717) is 18.5 Å². The minimum Gasteiger partial charge on any atom is -0.392 e. The average molecular weight is 332 g/mol. The van der Waals surface area contributed by atoms with E-state index in [4.69, 9.17) is 0 Å². The van der Waals surface area contributed by atoms with Crippen LogP contribution in [0.1, 0.15) is 45.7 Å². The first-order valence-electron chi connectivity index (χ1n) is 6.55. The lowest BCUT2D eigenvalue weighted by atomic mass is 9.89. The third-order valence-corrected chi connectivity index (χ3v) is 3.43. The van der Waals surface area contributed by atoms with Crippen molar-refractivity contribution in [1.82, 2.24) is 5.32 Å². The maximum atomic E-state index is 13.7. The molecule has 0 bridgehead atoms. The lowest BCUT2D eigenvalue weighted by Gasteiger charge is -2.24. The second-order valence-electron chi connectivity index (χ2n) is 6.21. The Labute approximate surface area is 123 Å². The minimum absolute atomic E-state index is 0.0887. The lowest BCUT2D eigenvalue weighted by molar-refractivity contribution is 0.117. The van der Waals surface area contributed by atoms with Gasteiger partial charge in [-0.3, -0.25) is 0 Å². The van der Waals surface area contributed by atoms with Crippen molar-refractivity contribution >= 4 is 15.9 Å². The van der Waals surface area contributed by atoms with Gasteiger partial charge in [-0.2, -0.15) is 0 Å². The summed E-state index contributed by atoms with van der Waals surface area (Å²) >= 11 is 3.34. The summed E-state index contributed by atoms with van der Waals surface area (Å²) in [5.74, 6) is -0.228. The molecule has 0 aliphatic carbocycles. The standard InChI is InChI=1S/C15H23BrFNO/c1-10(13-7-11(16)5-6-14(13)17)18-9-12(19)8-15(2,3)4/h5-7,10,12,18-19H,8-9H2,1-4H3. The zero-order chi connectivity index (χ0) is 14.6. The van der Waals surface area contributed by atoms with Crippen molar-refractivity contribution in [2.45, 2.75) is 46.3 Å². The molecule has 1 aromatic carbocycles. The van der Waals surface area contributed by atoms with Crippen LogP contribution >= 0.6 is 15.9 Å². The Morgan fingerprint density at radius 2 is 2.00 bits per heavy atom. The molecule has 2 atom stereocenters. The van der Waals surface area contributed by atoms with Gasteiger partial charge in [0.15, 0.2) is 0 Å². The first kappa shape index (κ1) is 16.6. The summed E-state index contributed by atoms with van der Waals surface area (Å²) in [6.07, 6.45) is 0.297. The second-order valence-corrected chi connectivity index (χ2v) is 7.13. The molecule has 2 N–H and O–H groups in total. The van der Waals surface area contributed by atoms with Crippen LogP contribution in [-0.2, 0) is 0 Å². The van der Waals surface area contributed by atoms with E-state index in [2.05, 4.69) is 42.0 Å². The number of rotatable bonds is 5. The molecule has 0 saturated carbocycles. The number of aliphatic hydroxyl groups excluding tert-OH is 1. The van der Waals surface area contributed by atoms with Gasteiger partial charge in [-0.25, -0.2) is 4.39 Å². The molecule has 0 fully saturated rings. The fourth-order valence-corrected chi connectivity index (χ4v) is 2.43. The summed E-state index contributed by atoms with van der Waals surface area (Å²) in [4.78, 5) is 0. The van der Waals surface area contributed by atoms with Crippen molar-refractivity contribution in [1.29, 1.82) is 0 Å². The van der Waals surface area contributed by atoms with Gasteiger partial charge >= 0.3 is 0 Å². The van der Waals surface area contributed by atoms with Crippen LogP contribution in [-0.4, -0.2) is 17.8 Å². The number of nitrogens with one attached hydrogen (secondary N) is 1. The Morgan fingerprint density at radius 1 is 1.37 bits per heavy atom. The Morgan fingerprint density at radius 3 is 2.58 bits per heavy atom. The molecule has 0 heterocycles. The van der Waals surface area contributed by atoms with Crippen LogP contribution in [0.2, 0.25) is 0 Å². The third kappa shape index (κ3) is 6.02. The zero-order valence-electron chi connectivity index (χ0n) is 12.0. The minimum atomic E-state index is -0.419. The van der Waals surface area contributed by atoms with E-state index in [-0.39, 0.29) is 17.3 Å². The summed E-state index contributed by atoms with van der Waals surface area (Å²) in [5, 5.41) is 13.1. The van der Waals surface area contributed by atoms with Crippen molar-refractivity contribution in [2.24, 2.45) is 5.41 Å². The van der Waals surface area contributed by atoms with Crippen molar-refractivity contribution in [2.75, 3.05) is 6.54 Å². The van der Waals surface area contributed by atoms with Crippen LogP contribution in [0.3, 0.4) is 0 Å². The molecule has 0 aliphatic rings. The molecule has 0 amide bonds. The molecule has 2 nitrogen and oxygen atoms in total. The summed E-state index contributed by atoms with van der Waals surface area (Å²) in [7, 11) is 0. The number of aliphatic hydroxyl groups is 1. The Kier molecular flexibility index (Phi) is 5.96. The largest absolute Gasteiger partial charge is 0.392 e. The Bertz CT molecular complexity index is 417. The van der Waals surface area contributed by atoms with Crippen molar-refractivity contribution < 1.29 is 9.50 Å². The van der Waals surface area contributed by atoms with E-state index in [9.17, 15) is 9.50 Å².